The van der Waals surface area contributed by atoms with E-state index in [1.54, 1.807) is 25.1 Å². The first-order chi connectivity index (χ1) is 18.8. The zero-order chi connectivity index (χ0) is 28.9. The van der Waals surface area contributed by atoms with Crippen LogP contribution < -0.4 is 5.32 Å². The molecule has 0 spiro atoms. The fourth-order valence-corrected chi connectivity index (χ4v) is 4.80. The number of amides is 2. The second kappa shape index (κ2) is 9.83. The van der Waals surface area contributed by atoms with Crippen molar-refractivity contribution >= 4 is 51.3 Å². The molecule has 5 rings (SSSR count). The molecule has 2 heterocycles. The molecule has 1 fully saturated rings. The zero-order valence-electron chi connectivity index (χ0n) is 20.7. The van der Waals surface area contributed by atoms with E-state index in [2.05, 4.69) is 15.5 Å². The van der Waals surface area contributed by atoms with Gasteiger partial charge in [0, 0.05) is 11.3 Å². The molecule has 1 aliphatic heterocycles. The Labute approximate surface area is 227 Å². The number of rotatable bonds is 4. The predicted octanol–water partition coefficient (Wildman–Crippen LogP) is 7.56. The number of phenols is 1. The summed E-state index contributed by atoms with van der Waals surface area (Å²) in [6.07, 6.45) is -3.59. The van der Waals surface area contributed by atoms with E-state index in [0.29, 0.717) is 23.9 Å². The minimum absolute atomic E-state index is 0.0334. The summed E-state index contributed by atoms with van der Waals surface area (Å²) in [5.74, 6) is -3.04. The number of halogens is 4. The molecule has 1 saturated heterocycles. The van der Waals surface area contributed by atoms with E-state index in [4.69, 9.17) is 0 Å². The number of hydrogen-bond acceptors (Lipinski definition) is 7. The van der Waals surface area contributed by atoms with Gasteiger partial charge in [0.2, 0.25) is 5.88 Å². The monoisotopic (exact) mass is 570 g/mol. The van der Waals surface area contributed by atoms with E-state index >= 15 is 4.39 Å². The molecule has 8 nitrogen and oxygen atoms in total. The van der Waals surface area contributed by atoms with E-state index < -0.39 is 51.4 Å². The average molecular weight is 571 g/mol. The highest BCUT2D eigenvalue weighted by molar-refractivity contribution is 8.18. The lowest BCUT2D eigenvalue weighted by Gasteiger charge is -2.11. The second-order valence-corrected chi connectivity index (χ2v) is 9.91. The van der Waals surface area contributed by atoms with Gasteiger partial charge in [-0.25, -0.2) is 4.39 Å². The van der Waals surface area contributed by atoms with Crippen LogP contribution in [0.1, 0.15) is 22.3 Å². The van der Waals surface area contributed by atoms with Crippen molar-refractivity contribution in [2.24, 2.45) is 10.2 Å². The van der Waals surface area contributed by atoms with E-state index in [0.717, 1.165) is 15.7 Å². The van der Waals surface area contributed by atoms with Crippen LogP contribution in [0.15, 0.2) is 63.7 Å². The van der Waals surface area contributed by atoms with E-state index in [-0.39, 0.29) is 27.4 Å². The number of azo groups is 1. The molecule has 13 heteroatoms. The molecule has 204 valence electrons. The third-order valence-corrected chi connectivity index (χ3v) is 7.09. The Kier molecular flexibility index (Phi) is 6.62. The number of benzene rings is 3. The minimum atomic E-state index is -4.86. The van der Waals surface area contributed by atoms with Gasteiger partial charge in [-0.1, -0.05) is 18.2 Å². The number of carbonyl (C=O) groups is 2. The topological polar surface area (TPSA) is 116 Å². The SMILES string of the molecule is Cc1ccc(-n2c(O)c(N=Nc3cccc(C=C4SC(=O)NC4=O)c3O)c3c(F)cc(C(F)(F)F)cc32)cc1C. The number of nitrogens with zero attached hydrogens (tertiary/aromatic N) is 3. The van der Waals surface area contributed by atoms with Gasteiger partial charge in [0.15, 0.2) is 5.69 Å². The first-order valence-electron chi connectivity index (χ1n) is 11.6. The second-order valence-electron chi connectivity index (χ2n) is 8.89. The number of phenolic OH excluding ortho intramolecular Hbond substituents is 1. The summed E-state index contributed by atoms with van der Waals surface area (Å²) in [6.45, 7) is 3.61. The number of alkyl halides is 3. The Balaban J connectivity index is 1.67. The lowest BCUT2D eigenvalue weighted by molar-refractivity contribution is -0.137. The van der Waals surface area contributed by atoms with Crippen molar-refractivity contribution in [2.75, 3.05) is 0 Å². The number of aromatic hydroxyl groups is 2. The fourth-order valence-electron chi connectivity index (χ4n) is 4.13. The number of imide groups is 1. The van der Waals surface area contributed by atoms with Crippen LogP contribution in [0.3, 0.4) is 0 Å². The highest BCUT2D eigenvalue weighted by Crippen LogP contribution is 2.46. The first kappa shape index (κ1) is 26.9. The van der Waals surface area contributed by atoms with Crippen molar-refractivity contribution in [3.8, 4) is 17.3 Å². The van der Waals surface area contributed by atoms with Crippen LogP contribution in [0.2, 0.25) is 0 Å². The number of nitrogens with one attached hydrogen (secondary N) is 1. The maximum atomic E-state index is 15.2. The van der Waals surface area contributed by atoms with Crippen molar-refractivity contribution in [3.05, 3.63) is 81.5 Å². The van der Waals surface area contributed by atoms with E-state index in [1.807, 2.05) is 6.92 Å². The molecule has 1 aliphatic rings. The number of fused-ring (bicyclic) bond motifs is 1. The molecule has 3 aromatic carbocycles. The maximum Gasteiger partial charge on any atom is 0.416 e. The quantitative estimate of drug-likeness (QED) is 0.133. The number of thioether (sulfide) groups is 1. The largest absolute Gasteiger partial charge is 0.505 e. The lowest BCUT2D eigenvalue weighted by atomic mass is 10.1. The van der Waals surface area contributed by atoms with Gasteiger partial charge in [0.25, 0.3) is 11.1 Å². The van der Waals surface area contributed by atoms with Crippen molar-refractivity contribution in [3.63, 3.8) is 0 Å². The molecule has 0 radical (unpaired) electrons. The number of hydrogen-bond donors (Lipinski definition) is 3. The Bertz CT molecular complexity index is 1790. The normalized spacial score (nSPS) is 15.1. The number of carbonyl (C=O) groups excluding carboxylic acids is 2. The van der Waals surface area contributed by atoms with Gasteiger partial charge in [0.1, 0.15) is 17.3 Å². The lowest BCUT2D eigenvalue weighted by Crippen LogP contribution is -2.17. The zero-order valence-corrected chi connectivity index (χ0v) is 21.5. The van der Waals surface area contributed by atoms with E-state index in [9.17, 15) is 33.0 Å². The van der Waals surface area contributed by atoms with Crippen molar-refractivity contribution < 1.29 is 37.4 Å². The van der Waals surface area contributed by atoms with Gasteiger partial charge in [-0.3, -0.25) is 19.5 Å². The highest BCUT2D eigenvalue weighted by atomic mass is 32.2. The summed E-state index contributed by atoms with van der Waals surface area (Å²) in [5, 5.41) is 30.7. The summed E-state index contributed by atoms with van der Waals surface area (Å²) in [6, 6.07) is 10.2. The standard InChI is InChI=1S/C27H18F4N4O4S/c1-12-6-7-16(8-13(12)2)35-19-11-15(27(29,30)31)10-17(28)21(19)22(25(35)38)34-33-18-5-3-4-14(23(18)36)9-20-24(37)32-26(39)40-20/h3-11,36,38H,1-2H3,(H,32,37,39). The van der Waals surface area contributed by atoms with Gasteiger partial charge >= 0.3 is 6.18 Å². The molecule has 0 atom stereocenters. The summed E-state index contributed by atoms with van der Waals surface area (Å²) in [7, 11) is 0. The van der Waals surface area contributed by atoms with Crippen LogP contribution in [-0.2, 0) is 11.0 Å². The fraction of sp³-hybridized carbons (Fsp3) is 0.111. The molecule has 4 aromatic rings. The van der Waals surface area contributed by atoms with E-state index in [1.165, 1.54) is 24.3 Å². The molecule has 40 heavy (non-hydrogen) atoms. The summed E-state index contributed by atoms with van der Waals surface area (Å²) >= 11 is 0.642. The molecule has 1 aromatic heterocycles. The Morgan fingerprint density at radius 2 is 1.75 bits per heavy atom. The summed E-state index contributed by atoms with van der Waals surface area (Å²) in [4.78, 5) is 23.3. The summed E-state index contributed by atoms with van der Waals surface area (Å²) in [5.41, 5.74) is -0.101. The van der Waals surface area contributed by atoms with Gasteiger partial charge in [-0.15, -0.1) is 10.2 Å². The van der Waals surface area contributed by atoms with Crippen LogP contribution in [0.4, 0.5) is 33.7 Å². The van der Waals surface area contributed by atoms with Crippen LogP contribution in [-0.4, -0.2) is 25.9 Å². The van der Waals surface area contributed by atoms with Crippen molar-refractivity contribution in [1.29, 1.82) is 0 Å². The number of para-hydroxylation sites is 1. The first-order valence-corrected chi connectivity index (χ1v) is 12.4. The number of aryl methyl sites for hydroxylation is 2. The predicted molar refractivity (Wildman–Crippen MR) is 141 cm³/mol. The Morgan fingerprint density at radius 1 is 1.00 bits per heavy atom. The maximum absolute atomic E-state index is 15.2. The summed E-state index contributed by atoms with van der Waals surface area (Å²) < 4.78 is 56.9. The molecular formula is C27H18F4N4O4S. The molecule has 0 bridgehead atoms. The third kappa shape index (κ3) is 4.79. The highest BCUT2D eigenvalue weighted by Gasteiger charge is 2.34. The van der Waals surface area contributed by atoms with Gasteiger partial charge in [-0.05, 0) is 73.1 Å². The molecule has 0 aliphatic carbocycles. The van der Waals surface area contributed by atoms with Crippen LogP contribution >= 0.6 is 11.8 Å². The van der Waals surface area contributed by atoms with Crippen LogP contribution in [0, 0.1) is 19.7 Å². The molecule has 0 unspecified atom stereocenters. The third-order valence-electron chi connectivity index (χ3n) is 6.28. The average Bonchev–Trinajstić information content (AvgIpc) is 3.35. The van der Waals surface area contributed by atoms with Gasteiger partial charge < -0.3 is 10.2 Å². The van der Waals surface area contributed by atoms with Gasteiger partial charge in [0.05, 0.1) is 21.4 Å². The van der Waals surface area contributed by atoms with Crippen LogP contribution in [0.25, 0.3) is 22.7 Å². The van der Waals surface area contributed by atoms with Crippen LogP contribution in [0.5, 0.6) is 11.6 Å². The Hall–Kier alpha value is -4.65. The molecule has 3 N–H and O–H groups in total. The molecule has 0 saturated carbocycles. The minimum Gasteiger partial charge on any atom is -0.505 e. The molecular weight excluding hydrogens is 552 g/mol. The smallest absolute Gasteiger partial charge is 0.416 e. The molecule has 2 amide bonds. The van der Waals surface area contributed by atoms with Crippen molar-refractivity contribution in [1.82, 2.24) is 9.88 Å². The number of aromatic nitrogens is 1. The van der Waals surface area contributed by atoms with Crippen molar-refractivity contribution in [2.45, 2.75) is 20.0 Å². The van der Waals surface area contributed by atoms with Gasteiger partial charge in [-0.2, -0.15) is 13.2 Å². The Morgan fingerprint density at radius 3 is 2.40 bits per heavy atom.